The Morgan fingerprint density at radius 1 is 1.15 bits per heavy atom. The molecule has 0 radical (unpaired) electrons. The first kappa shape index (κ1) is 22.7. The molecule has 1 amide bonds. The number of carbonyl (C=O) groups excluding carboxylic acids is 1. The highest BCUT2D eigenvalue weighted by atomic mass is 16.6. The van der Waals surface area contributed by atoms with Crippen LogP contribution in [0.4, 0.5) is 4.79 Å². The molecule has 0 bridgehead atoms. The van der Waals surface area contributed by atoms with Crippen LogP contribution in [0.1, 0.15) is 60.1 Å². The van der Waals surface area contributed by atoms with Crippen LogP contribution >= 0.6 is 0 Å². The number of aliphatic imine (C=N–C) groups is 1. The number of pyridine rings is 1. The molecular weight excluding hydrogens is 342 g/mol. The first-order valence-electron chi connectivity index (χ1n) is 9.67. The molecule has 1 heterocycles. The quantitative estimate of drug-likeness (QED) is 0.478. The normalized spacial score (nSPS) is 12.4. The van der Waals surface area contributed by atoms with Crippen molar-refractivity contribution in [3.05, 3.63) is 30.1 Å². The Balaban J connectivity index is 2.76. The van der Waals surface area contributed by atoms with Crippen LogP contribution in [0.15, 0.2) is 29.4 Å². The highest BCUT2D eigenvalue weighted by Gasteiger charge is 2.30. The second kappa shape index (κ2) is 10.7. The van der Waals surface area contributed by atoms with Crippen molar-refractivity contribution in [1.82, 2.24) is 20.9 Å². The molecule has 0 saturated carbocycles. The molecule has 0 atom stereocenters. The number of nitrogens with zero attached hydrogens (tertiary/aromatic N) is 2. The number of aromatic nitrogens is 1. The van der Waals surface area contributed by atoms with Crippen LogP contribution in [0.2, 0.25) is 0 Å². The number of alkyl carbamates (subject to hydrolysis) is 1. The van der Waals surface area contributed by atoms with Crippen LogP contribution in [0.3, 0.4) is 0 Å². The minimum atomic E-state index is -0.524. The second-order valence-corrected chi connectivity index (χ2v) is 7.48. The zero-order chi connectivity index (χ0) is 20.3. The summed E-state index contributed by atoms with van der Waals surface area (Å²) in [5.74, 6) is 0.695. The summed E-state index contributed by atoms with van der Waals surface area (Å²) in [4.78, 5) is 21.1. The number of nitrogens with one attached hydrogen (secondary N) is 3. The summed E-state index contributed by atoms with van der Waals surface area (Å²) in [7, 11) is 0. The Kier molecular flexibility index (Phi) is 9.05. The molecule has 0 spiro atoms. The fourth-order valence-electron chi connectivity index (χ4n) is 2.49. The van der Waals surface area contributed by atoms with Crippen LogP contribution in [0.25, 0.3) is 0 Å². The van der Waals surface area contributed by atoms with Crippen molar-refractivity contribution in [1.29, 1.82) is 0 Å². The highest BCUT2D eigenvalue weighted by molar-refractivity contribution is 5.80. The molecule has 152 valence electrons. The van der Waals surface area contributed by atoms with Crippen molar-refractivity contribution in [2.24, 2.45) is 4.99 Å². The number of carbonyl (C=O) groups is 1. The Labute approximate surface area is 163 Å². The Hall–Kier alpha value is -2.31. The molecule has 0 saturated heterocycles. The maximum atomic E-state index is 12.3. The first-order chi connectivity index (χ1) is 12.7. The van der Waals surface area contributed by atoms with Crippen molar-refractivity contribution in [3.63, 3.8) is 0 Å². The van der Waals surface area contributed by atoms with Gasteiger partial charge in [0.2, 0.25) is 0 Å². The molecule has 1 aromatic rings. The lowest BCUT2D eigenvalue weighted by Gasteiger charge is -2.34. The van der Waals surface area contributed by atoms with Crippen molar-refractivity contribution in [2.75, 3.05) is 13.1 Å². The van der Waals surface area contributed by atoms with Gasteiger partial charge in [-0.1, -0.05) is 19.9 Å². The lowest BCUT2D eigenvalue weighted by molar-refractivity contribution is 0.0448. The van der Waals surface area contributed by atoms with E-state index in [1.54, 1.807) is 6.20 Å². The largest absolute Gasteiger partial charge is 0.444 e. The van der Waals surface area contributed by atoms with E-state index in [9.17, 15) is 4.79 Å². The Morgan fingerprint density at radius 2 is 1.85 bits per heavy atom. The average Bonchev–Trinajstić information content (AvgIpc) is 2.62. The Morgan fingerprint density at radius 3 is 2.37 bits per heavy atom. The molecule has 0 aliphatic heterocycles. The van der Waals surface area contributed by atoms with Gasteiger partial charge < -0.3 is 20.7 Å². The summed E-state index contributed by atoms with van der Waals surface area (Å²) in [6.45, 7) is 13.5. The van der Waals surface area contributed by atoms with Gasteiger partial charge in [0.05, 0.1) is 17.8 Å². The van der Waals surface area contributed by atoms with Crippen LogP contribution in [0.5, 0.6) is 0 Å². The van der Waals surface area contributed by atoms with Gasteiger partial charge in [-0.15, -0.1) is 0 Å². The van der Waals surface area contributed by atoms with E-state index in [0.29, 0.717) is 19.0 Å². The van der Waals surface area contributed by atoms with Gasteiger partial charge in [-0.05, 0) is 52.7 Å². The van der Waals surface area contributed by atoms with E-state index in [0.717, 1.165) is 25.1 Å². The fraction of sp³-hybridized carbons (Fsp3) is 0.650. The first-order valence-corrected chi connectivity index (χ1v) is 9.67. The maximum absolute atomic E-state index is 12.3. The monoisotopic (exact) mass is 377 g/mol. The average molecular weight is 378 g/mol. The van der Waals surface area contributed by atoms with Gasteiger partial charge in [0.15, 0.2) is 5.96 Å². The van der Waals surface area contributed by atoms with Gasteiger partial charge >= 0.3 is 6.09 Å². The number of hydrogen-bond acceptors (Lipinski definition) is 4. The van der Waals surface area contributed by atoms with E-state index < -0.39 is 17.2 Å². The third kappa shape index (κ3) is 8.75. The highest BCUT2D eigenvalue weighted by Crippen LogP contribution is 2.16. The number of amides is 1. The maximum Gasteiger partial charge on any atom is 0.408 e. The third-order valence-electron chi connectivity index (χ3n) is 4.18. The number of guanidine groups is 1. The van der Waals surface area contributed by atoms with Crippen molar-refractivity contribution in [2.45, 2.75) is 72.1 Å². The van der Waals surface area contributed by atoms with Crippen LogP contribution in [-0.4, -0.2) is 41.3 Å². The molecule has 0 fully saturated rings. The van der Waals surface area contributed by atoms with Gasteiger partial charge in [0.25, 0.3) is 0 Å². The van der Waals surface area contributed by atoms with E-state index in [1.165, 1.54) is 0 Å². The molecule has 0 unspecified atom stereocenters. The van der Waals surface area contributed by atoms with Gasteiger partial charge in [0.1, 0.15) is 5.60 Å². The van der Waals surface area contributed by atoms with Gasteiger partial charge in [-0.3, -0.25) is 4.98 Å². The summed E-state index contributed by atoms with van der Waals surface area (Å²) >= 11 is 0. The molecule has 7 heteroatoms. The topological polar surface area (TPSA) is 87.6 Å². The second-order valence-electron chi connectivity index (χ2n) is 7.48. The van der Waals surface area contributed by atoms with Crippen LogP contribution in [-0.2, 0) is 11.3 Å². The summed E-state index contributed by atoms with van der Waals surface area (Å²) in [6, 6.07) is 5.78. The molecule has 0 aliphatic rings. The van der Waals surface area contributed by atoms with E-state index in [2.05, 4.69) is 39.8 Å². The summed E-state index contributed by atoms with van der Waals surface area (Å²) in [5.41, 5.74) is -0.0355. The van der Waals surface area contributed by atoms with Crippen LogP contribution in [0, 0.1) is 0 Å². The minimum absolute atomic E-state index is 0.400. The standard InChI is InChI=1S/C20H35N5O2/c1-7-20(8-2,25-18(26)27-19(4,5)6)15-24-17(21-9-3)23-14-16-12-10-11-13-22-16/h10-13H,7-9,14-15H2,1-6H3,(H,25,26)(H2,21,23,24). The third-order valence-corrected chi connectivity index (χ3v) is 4.18. The smallest absolute Gasteiger partial charge is 0.408 e. The summed E-state index contributed by atoms with van der Waals surface area (Å²) in [5, 5.41) is 9.61. The van der Waals surface area contributed by atoms with E-state index in [1.807, 2.05) is 45.9 Å². The van der Waals surface area contributed by atoms with E-state index in [-0.39, 0.29) is 0 Å². The zero-order valence-electron chi connectivity index (χ0n) is 17.6. The minimum Gasteiger partial charge on any atom is -0.444 e. The lowest BCUT2D eigenvalue weighted by Crippen LogP contribution is -2.57. The van der Waals surface area contributed by atoms with E-state index in [4.69, 9.17) is 4.74 Å². The number of rotatable bonds is 8. The molecule has 7 nitrogen and oxygen atoms in total. The fourth-order valence-corrected chi connectivity index (χ4v) is 2.49. The molecule has 0 aliphatic carbocycles. The van der Waals surface area contributed by atoms with Crippen LogP contribution < -0.4 is 16.0 Å². The molecule has 3 N–H and O–H groups in total. The lowest BCUT2D eigenvalue weighted by atomic mass is 9.93. The summed E-state index contributed by atoms with van der Waals surface area (Å²) in [6.07, 6.45) is 2.91. The molecule has 1 aromatic heterocycles. The van der Waals surface area contributed by atoms with Crippen molar-refractivity contribution < 1.29 is 9.53 Å². The van der Waals surface area contributed by atoms with Crippen molar-refractivity contribution in [3.8, 4) is 0 Å². The van der Waals surface area contributed by atoms with Gasteiger partial charge in [0, 0.05) is 19.3 Å². The van der Waals surface area contributed by atoms with Crippen molar-refractivity contribution >= 4 is 12.1 Å². The number of hydrogen-bond donors (Lipinski definition) is 3. The van der Waals surface area contributed by atoms with Gasteiger partial charge in [-0.25, -0.2) is 9.79 Å². The number of ether oxygens (including phenoxy) is 1. The Bertz CT molecular complexity index is 592. The molecular formula is C20H35N5O2. The SMILES string of the molecule is CCNC(=NCc1ccccn1)NCC(CC)(CC)NC(=O)OC(C)(C)C. The summed E-state index contributed by atoms with van der Waals surface area (Å²) < 4.78 is 5.42. The molecule has 0 aromatic carbocycles. The van der Waals surface area contributed by atoms with E-state index >= 15 is 0 Å². The molecule has 1 rings (SSSR count). The predicted octanol–water partition coefficient (Wildman–Crippen LogP) is 3.22. The predicted molar refractivity (Wildman–Crippen MR) is 110 cm³/mol. The molecule has 27 heavy (non-hydrogen) atoms. The van der Waals surface area contributed by atoms with Gasteiger partial charge in [-0.2, -0.15) is 0 Å². The zero-order valence-corrected chi connectivity index (χ0v) is 17.6.